The number of anilines is 1. The zero-order valence-electron chi connectivity index (χ0n) is 11.6. The molecule has 1 saturated carbocycles. The van der Waals surface area contributed by atoms with Crippen LogP contribution < -0.4 is 5.32 Å². The van der Waals surface area contributed by atoms with Crippen molar-refractivity contribution in [3.63, 3.8) is 0 Å². The molecule has 1 aromatic heterocycles. The summed E-state index contributed by atoms with van der Waals surface area (Å²) in [6.45, 7) is 0. The first-order chi connectivity index (χ1) is 10.4. The van der Waals surface area contributed by atoms with E-state index in [2.05, 4.69) is 15.5 Å². The molecule has 1 heterocycles. The SMILES string of the molecule is O=C(Cc1ccccc1C(F)(F)F)Nc1cc(C2CC2)[nH]n1. The first-order valence-corrected chi connectivity index (χ1v) is 6.94. The summed E-state index contributed by atoms with van der Waals surface area (Å²) in [6.07, 6.45) is -2.63. The Morgan fingerprint density at radius 1 is 1.32 bits per heavy atom. The number of hydrogen-bond donors (Lipinski definition) is 2. The van der Waals surface area contributed by atoms with Gasteiger partial charge in [0.25, 0.3) is 0 Å². The highest BCUT2D eigenvalue weighted by Gasteiger charge is 2.33. The van der Waals surface area contributed by atoms with Crippen LogP contribution in [0.4, 0.5) is 19.0 Å². The van der Waals surface area contributed by atoms with E-state index in [4.69, 9.17) is 0 Å². The van der Waals surface area contributed by atoms with E-state index >= 15 is 0 Å². The molecule has 0 bridgehead atoms. The summed E-state index contributed by atoms with van der Waals surface area (Å²) in [5.74, 6) is 0.283. The first kappa shape index (κ1) is 14.6. The van der Waals surface area contributed by atoms with Crippen LogP contribution in [0.15, 0.2) is 30.3 Å². The molecule has 116 valence electrons. The van der Waals surface area contributed by atoms with Gasteiger partial charge in [-0.05, 0) is 24.5 Å². The van der Waals surface area contributed by atoms with Crippen molar-refractivity contribution in [2.45, 2.75) is 31.4 Å². The molecule has 1 fully saturated rings. The van der Waals surface area contributed by atoms with Crippen LogP contribution in [-0.4, -0.2) is 16.1 Å². The molecule has 2 N–H and O–H groups in total. The summed E-state index contributed by atoms with van der Waals surface area (Å²) in [6, 6.07) is 6.80. The summed E-state index contributed by atoms with van der Waals surface area (Å²) in [7, 11) is 0. The van der Waals surface area contributed by atoms with Gasteiger partial charge in [0.2, 0.25) is 5.91 Å². The number of H-pyrrole nitrogens is 1. The molecule has 4 nitrogen and oxygen atoms in total. The van der Waals surface area contributed by atoms with Gasteiger partial charge in [-0.1, -0.05) is 18.2 Å². The Morgan fingerprint density at radius 2 is 2.05 bits per heavy atom. The molecule has 7 heteroatoms. The monoisotopic (exact) mass is 309 g/mol. The van der Waals surface area contributed by atoms with Crippen molar-refractivity contribution < 1.29 is 18.0 Å². The van der Waals surface area contributed by atoms with Crippen LogP contribution in [0, 0.1) is 0 Å². The third kappa shape index (κ3) is 3.29. The quantitative estimate of drug-likeness (QED) is 0.908. The number of amides is 1. The number of hydrogen-bond acceptors (Lipinski definition) is 2. The number of alkyl halides is 3. The van der Waals surface area contributed by atoms with Gasteiger partial charge in [0.1, 0.15) is 0 Å². The van der Waals surface area contributed by atoms with Gasteiger partial charge >= 0.3 is 6.18 Å². The second-order valence-corrected chi connectivity index (χ2v) is 5.36. The van der Waals surface area contributed by atoms with Gasteiger partial charge < -0.3 is 5.32 Å². The van der Waals surface area contributed by atoms with E-state index < -0.39 is 17.6 Å². The van der Waals surface area contributed by atoms with E-state index in [0.29, 0.717) is 11.7 Å². The summed E-state index contributed by atoms with van der Waals surface area (Å²) in [4.78, 5) is 11.9. The highest BCUT2D eigenvalue weighted by Crippen LogP contribution is 2.39. The van der Waals surface area contributed by atoms with E-state index in [1.54, 1.807) is 6.07 Å². The Balaban J connectivity index is 1.68. The predicted octanol–water partition coefficient (Wildman–Crippen LogP) is 3.49. The maximum absolute atomic E-state index is 12.9. The van der Waals surface area contributed by atoms with Crippen molar-refractivity contribution in [3.05, 3.63) is 47.2 Å². The number of aromatic nitrogens is 2. The van der Waals surface area contributed by atoms with Crippen LogP contribution in [0.1, 0.15) is 35.6 Å². The van der Waals surface area contributed by atoms with Crippen LogP contribution in [0.5, 0.6) is 0 Å². The summed E-state index contributed by atoms with van der Waals surface area (Å²) in [5.41, 5.74) is 0.113. The second kappa shape index (κ2) is 5.47. The van der Waals surface area contributed by atoms with Gasteiger partial charge in [0.05, 0.1) is 12.0 Å². The Bertz CT molecular complexity index is 689. The van der Waals surface area contributed by atoms with Gasteiger partial charge in [0, 0.05) is 17.7 Å². The number of halogens is 3. The molecule has 1 aliphatic carbocycles. The van der Waals surface area contributed by atoms with Crippen LogP contribution in [0.25, 0.3) is 0 Å². The number of carbonyl (C=O) groups is 1. The van der Waals surface area contributed by atoms with E-state index in [1.165, 1.54) is 18.2 Å². The van der Waals surface area contributed by atoms with Crippen LogP contribution in [0.3, 0.4) is 0 Å². The third-order valence-corrected chi connectivity index (χ3v) is 3.56. The zero-order valence-corrected chi connectivity index (χ0v) is 11.6. The molecule has 0 unspecified atom stereocenters. The fourth-order valence-electron chi connectivity index (χ4n) is 2.32. The van der Waals surface area contributed by atoms with Crippen LogP contribution in [0.2, 0.25) is 0 Å². The highest BCUT2D eigenvalue weighted by atomic mass is 19.4. The summed E-state index contributed by atoms with van der Waals surface area (Å²) in [5, 5.41) is 9.30. The van der Waals surface area contributed by atoms with E-state index in [1.807, 2.05) is 0 Å². The minimum absolute atomic E-state index is 0.0505. The van der Waals surface area contributed by atoms with Crippen molar-refractivity contribution in [1.82, 2.24) is 10.2 Å². The second-order valence-electron chi connectivity index (χ2n) is 5.36. The molecule has 22 heavy (non-hydrogen) atoms. The number of nitrogens with one attached hydrogen (secondary N) is 2. The average Bonchev–Trinajstić information content (AvgIpc) is 3.19. The van der Waals surface area contributed by atoms with Crippen molar-refractivity contribution in [2.24, 2.45) is 0 Å². The first-order valence-electron chi connectivity index (χ1n) is 6.94. The smallest absolute Gasteiger partial charge is 0.309 e. The average molecular weight is 309 g/mol. The lowest BCUT2D eigenvalue weighted by atomic mass is 10.0. The zero-order chi connectivity index (χ0) is 15.7. The molecular formula is C15H14F3N3O. The van der Waals surface area contributed by atoms with Gasteiger partial charge in [-0.3, -0.25) is 9.89 Å². The number of carbonyl (C=O) groups excluding carboxylic acids is 1. The third-order valence-electron chi connectivity index (χ3n) is 3.56. The fraction of sp³-hybridized carbons (Fsp3) is 0.333. The van der Waals surface area contributed by atoms with Crippen molar-refractivity contribution in [1.29, 1.82) is 0 Å². The largest absolute Gasteiger partial charge is 0.416 e. The lowest BCUT2D eigenvalue weighted by molar-refractivity contribution is -0.138. The van der Waals surface area contributed by atoms with Gasteiger partial charge in [-0.2, -0.15) is 18.3 Å². The van der Waals surface area contributed by atoms with Gasteiger partial charge in [-0.15, -0.1) is 0 Å². The topological polar surface area (TPSA) is 57.8 Å². The Kier molecular flexibility index (Phi) is 3.64. The number of rotatable bonds is 4. The fourth-order valence-corrected chi connectivity index (χ4v) is 2.32. The van der Waals surface area contributed by atoms with Crippen molar-refractivity contribution >= 4 is 11.7 Å². The standard InChI is InChI=1S/C15H14F3N3O/c16-15(17,18)11-4-2-1-3-10(11)7-14(22)19-13-8-12(20-21-13)9-5-6-9/h1-4,8-9H,5-7H2,(H2,19,20,21,22). The lowest BCUT2D eigenvalue weighted by Gasteiger charge is -2.12. The molecule has 0 radical (unpaired) electrons. The Labute approximate surface area is 124 Å². The van der Waals surface area contributed by atoms with Gasteiger partial charge in [0.15, 0.2) is 5.82 Å². The summed E-state index contributed by atoms with van der Waals surface area (Å²) < 4.78 is 38.6. The number of nitrogens with zero attached hydrogens (tertiary/aromatic N) is 1. The molecule has 1 amide bonds. The Hall–Kier alpha value is -2.31. The Morgan fingerprint density at radius 3 is 2.73 bits per heavy atom. The molecule has 0 atom stereocenters. The maximum atomic E-state index is 12.9. The highest BCUT2D eigenvalue weighted by molar-refractivity contribution is 5.91. The van der Waals surface area contributed by atoms with E-state index in [9.17, 15) is 18.0 Å². The predicted molar refractivity (Wildman–Crippen MR) is 74.3 cm³/mol. The number of aromatic amines is 1. The van der Waals surface area contributed by atoms with E-state index in [0.717, 1.165) is 24.6 Å². The molecule has 0 spiro atoms. The molecule has 0 aliphatic heterocycles. The minimum Gasteiger partial charge on any atom is -0.309 e. The number of benzene rings is 1. The molecule has 2 aromatic rings. The van der Waals surface area contributed by atoms with Crippen LogP contribution in [-0.2, 0) is 17.4 Å². The molecule has 3 rings (SSSR count). The summed E-state index contributed by atoms with van der Waals surface area (Å²) >= 11 is 0. The van der Waals surface area contributed by atoms with Crippen molar-refractivity contribution in [2.75, 3.05) is 5.32 Å². The van der Waals surface area contributed by atoms with Crippen molar-refractivity contribution in [3.8, 4) is 0 Å². The molecule has 1 aliphatic rings. The minimum atomic E-state index is -4.47. The molecule has 1 aromatic carbocycles. The molecular weight excluding hydrogens is 295 g/mol. The van der Waals surface area contributed by atoms with Gasteiger partial charge in [-0.25, -0.2) is 0 Å². The maximum Gasteiger partial charge on any atom is 0.416 e. The lowest BCUT2D eigenvalue weighted by Crippen LogP contribution is -2.18. The molecule has 0 saturated heterocycles. The normalized spacial score (nSPS) is 14.9. The van der Waals surface area contributed by atoms with Crippen LogP contribution >= 0.6 is 0 Å². The van der Waals surface area contributed by atoms with E-state index in [-0.39, 0.29) is 12.0 Å².